The van der Waals surface area contributed by atoms with Crippen LogP contribution in [0.1, 0.15) is 17.5 Å². The summed E-state index contributed by atoms with van der Waals surface area (Å²) in [6.45, 7) is 2.97. The number of likely N-dealkylation sites (N-methyl/N-ethyl adjacent to an activating group) is 1. The number of nitrogens with one attached hydrogen (secondary N) is 1. The fourth-order valence-electron chi connectivity index (χ4n) is 3.41. The summed E-state index contributed by atoms with van der Waals surface area (Å²) < 4.78 is 0. The highest BCUT2D eigenvalue weighted by Gasteiger charge is 2.41. The van der Waals surface area contributed by atoms with Crippen LogP contribution in [0.3, 0.4) is 0 Å². The topological polar surface area (TPSA) is 72.9 Å². The van der Waals surface area contributed by atoms with Crippen molar-refractivity contribution in [3.8, 4) is 0 Å². The Hall–Kier alpha value is -1.92. The number of carbonyl (C=O) groups excluding carboxylic acids is 2. The quantitative estimate of drug-likeness (QED) is 0.770. The number of hydrogen-bond donors (Lipinski definition) is 2. The van der Waals surface area contributed by atoms with Gasteiger partial charge in [0.2, 0.25) is 11.8 Å². The average Bonchev–Trinajstić information content (AvgIpc) is 2.94. The zero-order valence-electron chi connectivity index (χ0n) is 14.1. The number of aliphatic hydroxyl groups is 1. The lowest BCUT2D eigenvalue weighted by Crippen LogP contribution is -2.58. The molecule has 2 heterocycles. The van der Waals surface area contributed by atoms with Gasteiger partial charge in [-0.25, -0.2) is 0 Å². The minimum absolute atomic E-state index is 0.0227. The van der Waals surface area contributed by atoms with Gasteiger partial charge >= 0.3 is 0 Å². The van der Waals surface area contributed by atoms with Gasteiger partial charge in [0.1, 0.15) is 0 Å². The Kier molecular flexibility index (Phi) is 5.16. The van der Waals surface area contributed by atoms with E-state index in [1.165, 1.54) is 0 Å². The van der Waals surface area contributed by atoms with E-state index in [-0.39, 0.29) is 30.4 Å². The Balaban J connectivity index is 1.42. The van der Waals surface area contributed by atoms with E-state index in [0.29, 0.717) is 19.5 Å². The number of hydrogen-bond acceptors (Lipinski definition) is 4. The van der Waals surface area contributed by atoms with Gasteiger partial charge in [-0.1, -0.05) is 24.3 Å². The van der Waals surface area contributed by atoms with Crippen molar-refractivity contribution in [2.24, 2.45) is 5.92 Å². The largest absolute Gasteiger partial charge is 0.392 e. The molecule has 2 aliphatic heterocycles. The van der Waals surface area contributed by atoms with Crippen molar-refractivity contribution in [1.82, 2.24) is 15.1 Å². The third kappa shape index (κ3) is 3.76. The summed E-state index contributed by atoms with van der Waals surface area (Å²) in [6.07, 6.45) is 1.08. The van der Waals surface area contributed by atoms with Crippen molar-refractivity contribution in [1.29, 1.82) is 0 Å². The molecule has 2 fully saturated rings. The molecule has 130 valence electrons. The number of amides is 2. The monoisotopic (exact) mass is 331 g/mol. The number of benzene rings is 1. The SMILES string of the molecule is CN1CC(N2CC(C(=O)NCCc3ccc(CO)cc3)CC2=O)C1. The number of nitrogens with zero attached hydrogens (tertiary/aromatic N) is 2. The standard InChI is InChI=1S/C18H25N3O3/c1-20-10-16(11-20)21-9-15(8-17(21)23)18(24)19-7-6-13-2-4-14(12-22)5-3-13/h2-5,15-16,22H,6-12H2,1H3,(H,19,24). The van der Waals surface area contributed by atoms with Crippen LogP contribution < -0.4 is 5.32 Å². The number of aliphatic hydroxyl groups excluding tert-OH is 1. The van der Waals surface area contributed by atoms with Gasteiger partial charge in [-0.3, -0.25) is 9.59 Å². The van der Waals surface area contributed by atoms with Gasteiger partial charge in [-0.2, -0.15) is 0 Å². The van der Waals surface area contributed by atoms with Crippen LogP contribution >= 0.6 is 0 Å². The summed E-state index contributed by atoms with van der Waals surface area (Å²) in [6, 6.07) is 7.99. The minimum Gasteiger partial charge on any atom is -0.392 e. The molecular formula is C18H25N3O3. The molecule has 2 aliphatic rings. The first kappa shape index (κ1) is 16.9. The van der Waals surface area contributed by atoms with Crippen LogP contribution in [0, 0.1) is 5.92 Å². The van der Waals surface area contributed by atoms with Crippen LogP contribution in [0.15, 0.2) is 24.3 Å². The maximum Gasteiger partial charge on any atom is 0.225 e. The molecule has 1 aromatic rings. The Morgan fingerprint density at radius 2 is 1.88 bits per heavy atom. The van der Waals surface area contributed by atoms with Crippen LogP contribution in [0.2, 0.25) is 0 Å². The van der Waals surface area contributed by atoms with Gasteiger partial charge in [0, 0.05) is 32.6 Å². The first-order valence-electron chi connectivity index (χ1n) is 8.51. The van der Waals surface area contributed by atoms with Gasteiger partial charge in [-0.05, 0) is 24.6 Å². The molecule has 0 bridgehead atoms. The predicted octanol–water partition coefficient (Wildman–Crippen LogP) is 0.000100. The molecule has 0 aromatic heterocycles. The minimum atomic E-state index is -0.222. The molecule has 24 heavy (non-hydrogen) atoms. The Labute approximate surface area is 142 Å². The van der Waals surface area contributed by atoms with Crippen LogP contribution in [0.25, 0.3) is 0 Å². The third-order valence-electron chi connectivity index (χ3n) is 4.93. The van der Waals surface area contributed by atoms with E-state index in [1.807, 2.05) is 36.2 Å². The predicted molar refractivity (Wildman–Crippen MR) is 90.2 cm³/mol. The molecule has 1 unspecified atom stereocenters. The molecule has 2 amide bonds. The number of rotatable bonds is 6. The normalized spacial score (nSPS) is 21.8. The van der Waals surface area contributed by atoms with Crippen molar-refractivity contribution < 1.29 is 14.7 Å². The van der Waals surface area contributed by atoms with E-state index in [0.717, 1.165) is 30.6 Å². The van der Waals surface area contributed by atoms with Gasteiger partial charge in [-0.15, -0.1) is 0 Å². The summed E-state index contributed by atoms with van der Waals surface area (Å²) in [5.74, 6) is -0.140. The first-order chi connectivity index (χ1) is 11.6. The molecule has 2 N–H and O–H groups in total. The summed E-state index contributed by atoms with van der Waals surface area (Å²) in [7, 11) is 2.04. The molecule has 1 aromatic carbocycles. The Morgan fingerprint density at radius 3 is 2.50 bits per heavy atom. The summed E-state index contributed by atoms with van der Waals surface area (Å²) in [5, 5.41) is 12.0. The molecule has 0 aliphatic carbocycles. The lowest BCUT2D eigenvalue weighted by atomic mass is 10.1. The maximum atomic E-state index is 12.3. The Bertz CT molecular complexity index is 596. The van der Waals surface area contributed by atoms with Crippen LogP contribution in [-0.4, -0.2) is 66.0 Å². The van der Waals surface area contributed by atoms with E-state index >= 15 is 0 Å². The molecule has 3 rings (SSSR count). The second kappa shape index (κ2) is 7.32. The second-order valence-electron chi connectivity index (χ2n) is 6.84. The maximum absolute atomic E-state index is 12.3. The fourth-order valence-corrected chi connectivity index (χ4v) is 3.41. The smallest absolute Gasteiger partial charge is 0.225 e. The lowest BCUT2D eigenvalue weighted by molar-refractivity contribution is -0.132. The van der Waals surface area contributed by atoms with Crippen LogP contribution in [-0.2, 0) is 22.6 Å². The molecule has 2 saturated heterocycles. The van der Waals surface area contributed by atoms with Crippen molar-refractivity contribution in [3.63, 3.8) is 0 Å². The zero-order valence-corrected chi connectivity index (χ0v) is 14.1. The second-order valence-corrected chi connectivity index (χ2v) is 6.84. The van der Waals surface area contributed by atoms with E-state index in [1.54, 1.807) is 0 Å². The first-order valence-corrected chi connectivity index (χ1v) is 8.51. The average molecular weight is 331 g/mol. The highest BCUT2D eigenvalue weighted by atomic mass is 16.3. The van der Waals surface area contributed by atoms with E-state index in [9.17, 15) is 9.59 Å². The molecule has 0 saturated carbocycles. The van der Waals surface area contributed by atoms with Gasteiger partial charge in [0.25, 0.3) is 0 Å². The van der Waals surface area contributed by atoms with Crippen molar-refractivity contribution in [2.45, 2.75) is 25.5 Å². The van der Waals surface area contributed by atoms with E-state index in [4.69, 9.17) is 5.11 Å². The van der Waals surface area contributed by atoms with E-state index in [2.05, 4.69) is 10.2 Å². The van der Waals surface area contributed by atoms with Crippen molar-refractivity contribution in [2.75, 3.05) is 33.2 Å². The molecular weight excluding hydrogens is 306 g/mol. The van der Waals surface area contributed by atoms with Crippen LogP contribution in [0.4, 0.5) is 0 Å². The Morgan fingerprint density at radius 1 is 1.21 bits per heavy atom. The fraction of sp³-hybridized carbons (Fsp3) is 0.556. The van der Waals surface area contributed by atoms with E-state index < -0.39 is 0 Å². The third-order valence-corrected chi connectivity index (χ3v) is 4.93. The lowest BCUT2D eigenvalue weighted by Gasteiger charge is -2.42. The molecule has 0 radical (unpaired) electrons. The number of carbonyl (C=O) groups is 2. The van der Waals surface area contributed by atoms with Crippen LogP contribution in [0.5, 0.6) is 0 Å². The van der Waals surface area contributed by atoms with Crippen molar-refractivity contribution >= 4 is 11.8 Å². The summed E-state index contributed by atoms with van der Waals surface area (Å²) in [5.41, 5.74) is 2.00. The number of likely N-dealkylation sites (tertiary alicyclic amines) is 2. The molecule has 0 spiro atoms. The molecule has 6 heteroatoms. The van der Waals surface area contributed by atoms with Gasteiger partial charge in [0.15, 0.2) is 0 Å². The molecule has 6 nitrogen and oxygen atoms in total. The highest BCUT2D eigenvalue weighted by molar-refractivity contribution is 5.89. The summed E-state index contributed by atoms with van der Waals surface area (Å²) in [4.78, 5) is 28.4. The van der Waals surface area contributed by atoms with Gasteiger partial charge in [0.05, 0.1) is 18.6 Å². The van der Waals surface area contributed by atoms with Gasteiger partial charge < -0.3 is 20.2 Å². The zero-order chi connectivity index (χ0) is 17.1. The van der Waals surface area contributed by atoms with Crippen molar-refractivity contribution in [3.05, 3.63) is 35.4 Å². The summed E-state index contributed by atoms with van der Waals surface area (Å²) >= 11 is 0. The molecule has 1 atom stereocenters. The highest BCUT2D eigenvalue weighted by Crippen LogP contribution is 2.24.